The van der Waals surface area contributed by atoms with E-state index in [1.165, 1.54) is 0 Å². The van der Waals surface area contributed by atoms with E-state index in [2.05, 4.69) is 40.0 Å². The summed E-state index contributed by atoms with van der Waals surface area (Å²) in [6.07, 6.45) is 11.7. The number of halogens is 1. The van der Waals surface area contributed by atoms with Crippen molar-refractivity contribution in [2.24, 2.45) is 5.92 Å². The smallest absolute Gasteiger partial charge is 0.173 e. The molecule has 2 unspecified atom stereocenters. The summed E-state index contributed by atoms with van der Waals surface area (Å²) in [6, 6.07) is 10.0. The minimum atomic E-state index is -1.25. The van der Waals surface area contributed by atoms with Crippen molar-refractivity contribution in [1.82, 2.24) is 4.98 Å². The highest BCUT2D eigenvalue weighted by Gasteiger charge is 2.64. The maximum absolute atomic E-state index is 12.3. The molecule has 1 aromatic carbocycles. The van der Waals surface area contributed by atoms with E-state index in [0.717, 1.165) is 22.9 Å². The van der Waals surface area contributed by atoms with Gasteiger partial charge in [0.05, 0.1) is 25.1 Å². The standard InChI is InChI=1S/C23H24BrNO3/c1-3-13-22(26)21-19(27-2)14-25-15-20(21)28-23(22,16-7-5-4-6-8-16)17-9-11-18(24)12-10-17/h4-9,11-12,14-15,17,26H,3,10,13H2,1-2H3/t17?,22-,23?/m1/s1. The first-order chi connectivity index (χ1) is 13.6. The van der Waals surface area contributed by atoms with E-state index in [4.69, 9.17) is 9.47 Å². The number of nitrogens with zero attached hydrogens (tertiary/aromatic N) is 1. The molecular weight excluding hydrogens is 418 g/mol. The number of allylic oxidation sites excluding steroid dienone is 3. The number of aliphatic hydroxyl groups is 1. The van der Waals surface area contributed by atoms with Gasteiger partial charge in [-0.3, -0.25) is 4.98 Å². The van der Waals surface area contributed by atoms with Gasteiger partial charge in [0.2, 0.25) is 0 Å². The maximum Gasteiger partial charge on any atom is 0.173 e. The van der Waals surface area contributed by atoms with Crippen molar-refractivity contribution in [2.75, 3.05) is 7.11 Å². The first-order valence-corrected chi connectivity index (χ1v) is 10.4. The summed E-state index contributed by atoms with van der Waals surface area (Å²) in [5.74, 6) is 1.09. The number of ether oxygens (including phenoxy) is 2. The first kappa shape index (κ1) is 19.2. The van der Waals surface area contributed by atoms with Gasteiger partial charge in [0.25, 0.3) is 0 Å². The lowest BCUT2D eigenvalue weighted by Crippen LogP contribution is -2.54. The fourth-order valence-corrected chi connectivity index (χ4v) is 4.99. The van der Waals surface area contributed by atoms with Crippen LogP contribution in [0.2, 0.25) is 0 Å². The van der Waals surface area contributed by atoms with Crippen LogP contribution in [0.5, 0.6) is 11.5 Å². The molecule has 3 atom stereocenters. The summed E-state index contributed by atoms with van der Waals surface area (Å²) < 4.78 is 13.3. The quantitative estimate of drug-likeness (QED) is 0.690. The molecule has 4 rings (SSSR count). The van der Waals surface area contributed by atoms with Gasteiger partial charge in [-0.25, -0.2) is 0 Å². The summed E-state index contributed by atoms with van der Waals surface area (Å²) in [4.78, 5) is 4.27. The minimum Gasteiger partial charge on any atom is -0.495 e. The molecule has 2 heterocycles. The monoisotopic (exact) mass is 441 g/mol. The van der Waals surface area contributed by atoms with E-state index in [-0.39, 0.29) is 5.92 Å². The van der Waals surface area contributed by atoms with E-state index in [1.54, 1.807) is 19.5 Å². The van der Waals surface area contributed by atoms with Crippen molar-refractivity contribution >= 4 is 15.9 Å². The average molecular weight is 442 g/mol. The molecule has 0 bridgehead atoms. The average Bonchev–Trinajstić information content (AvgIpc) is 2.99. The van der Waals surface area contributed by atoms with Crippen LogP contribution in [-0.2, 0) is 11.2 Å². The normalized spacial score (nSPS) is 28.4. The molecule has 2 aromatic rings. The number of hydrogen-bond donors (Lipinski definition) is 1. The van der Waals surface area contributed by atoms with Crippen LogP contribution in [0.3, 0.4) is 0 Å². The van der Waals surface area contributed by atoms with Crippen LogP contribution in [0.1, 0.15) is 37.3 Å². The van der Waals surface area contributed by atoms with Crippen LogP contribution >= 0.6 is 15.9 Å². The van der Waals surface area contributed by atoms with E-state index < -0.39 is 11.2 Å². The third-order valence-corrected chi connectivity index (χ3v) is 6.37. The zero-order chi connectivity index (χ0) is 19.8. The Labute approximate surface area is 174 Å². The van der Waals surface area contributed by atoms with Crippen LogP contribution < -0.4 is 9.47 Å². The highest BCUT2D eigenvalue weighted by Crippen LogP contribution is 2.61. The Kier molecular flexibility index (Phi) is 5.06. The summed E-state index contributed by atoms with van der Waals surface area (Å²) in [5.41, 5.74) is -0.578. The Balaban J connectivity index is 1.99. The predicted molar refractivity (Wildman–Crippen MR) is 113 cm³/mol. The molecule has 1 N–H and O–H groups in total. The number of benzene rings is 1. The molecule has 0 saturated carbocycles. The molecule has 0 saturated heterocycles. The zero-order valence-electron chi connectivity index (χ0n) is 16.1. The first-order valence-electron chi connectivity index (χ1n) is 9.60. The molecule has 1 aliphatic heterocycles. The van der Waals surface area contributed by atoms with Gasteiger partial charge in [-0.1, -0.05) is 77.8 Å². The number of fused-ring (bicyclic) bond motifs is 1. The maximum atomic E-state index is 12.3. The van der Waals surface area contributed by atoms with Crippen LogP contribution in [0.4, 0.5) is 0 Å². The van der Waals surface area contributed by atoms with Crippen LogP contribution in [0.25, 0.3) is 0 Å². The third-order valence-electron chi connectivity index (χ3n) is 5.79. The third kappa shape index (κ3) is 2.72. The Hall–Kier alpha value is -2.11. The molecule has 28 heavy (non-hydrogen) atoms. The van der Waals surface area contributed by atoms with Crippen molar-refractivity contribution in [3.05, 3.63) is 76.6 Å². The predicted octanol–water partition coefficient (Wildman–Crippen LogP) is 5.22. The highest BCUT2D eigenvalue weighted by atomic mass is 79.9. The molecule has 1 aromatic heterocycles. The van der Waals surface area contributed by atoms with Gasteiger partial charge in [0, 0.05) is 10.4 Å². The van der Waals surface area contributed by atoms with Crippen molar-refractivity contribution in [3.63, 3.8) is 0 Å². The Morgan fingerprint density at radius 2 is 2.07 bits per heavy atom. The van der Waals surface area contributed by atoms with Crippen molar-refractivity contribution < 1.29 is 14.6 Å². The molecule has 5 heteroatoms. The Bertz CT molecular complexity index is 927. The van der Waals surface area contributed by atoms with Crippen LogP contribution in [0, 0.1) is 5.92 Å². The second-order valence-electron chi connectivity index (χ2n) is 7.32. The summed E-state index contributed by atoms with van der Waals surface area (Å²) in [5, 5.41) is 12.3. The van der Waals surface area contributed by atoms with Crippen molar-refractivity contribution in [2.45, 2.75) is 37.4 Å². The van der Waals surface area contributed by atoms with E-state index in [0.29, 0.717) is 23.5 Å². The molecule has 0 fully saturated rings. The van der Waals surface area contributed by atoms with Crippen molar-refractivity contribution in [3.8, 4) is 11.5 Å². The second kappa shape index (κ2) is 7.37. The molecule has 2 aliphatic rings. The highest BCUT2D eigenvalue weighted by molar-refractivity contribution is 9.11. The molecule has 0 amide bonds. The molecular formula is C23H24BrNO3. The van der Waals surface area contributed by atoms with Gasteiger partial charge in [0.15, 0.2) is 5.60 Å². The summed E-state index contributed by atoms with van der Waals surface area (Å²) in [6.45, 7) is 2.08. The molecule has 0 radical (unpaired) electrons. The number of aromatic nitrogens is 1. The van der Waals surface area contributed by atoms with Gasteiger partial charge >= 0.3 is 0 Å². The largest absolute Gasteiger partial charge is 0.495 e. The van der Waals surface area contributed by atoms with Gasteiger partial charge in [-0.05, 0) is 18.4 Å². The number of hydrogen-bond acceptors (Lipinski definition) is 4. The summed E-state index contributed by atoms with van der Waals surface area (Å²) in [7, 11) is 1.60. The van der Waals surface area contributed by atoms with E-state index in [9.17, 15) is 5.11 Å². The fraction of sp³-hybridized carbons (Fsp3) is 0.348. The topological polar surface area (TPSA) is 51.6 Å². The fourth-order valence-electron chi connectivity index (χ4n) is 4.65. The SMILES string of the molecule is CCC[C@@]1(O)c2c(OC)cncc2OC1(c1ccccc1)C1C=CC(Br)=CC1. The summed E-state index contributed by atoms with van der Waals surface area (Å²) >= 11 is 3.55. The van der Waals surface area contributed by atoms with Gasteiger partial charge in [0.1, 0.15) is 17.1 Å². The molecule has 0 spiro atoms. The number of rotatable bonds is 5. The van der Waals surface area contributed by atoms with Gasteiger partial charge in [-0.2, -0.15) is 0 Å². The second-order valence-corrected chi connectivity index (χ2v) is 8.23. The van der Waals surface area contributed by atoms with Gasteiger partial charge in [-0.15, -0.1) is 0 Å². The lowest BCUT2D eigenvalue weighted by atomic mass is 9.64. The number of methoxy groups -OCH3 is 1. The van der Waals surface area contributed by atoms with Crippen molar-refractivity contribution in [1.29, 1.82) is 0 Å². The molecule has 146 valence electrons. The lowest BCUT2D eigenvalue weighted by molar-refractivity contribution is -0.149. The Morgan fingerprint density at radius 3 is 2.71 bits per heavy atom. The minimum absolute atomic E-state index is 0.0511. The number of pyridine rings is 1. The Morgan fingerprint density at radius 1 is 1.29 bits per heavy atom. The van der Waals surface area contributed by atoms with Gasteiger partial charge < -0.3 is 14.6 Å². The zero-order valence-corrected chi connectivity index (χ0v) is 17.6. The molecule has 4 nitrogen and oxygen atoms in total. The van der Waals surface area contributed by atoms with Crippen LogP contribution in [0.15, 0.2) is 65.4 Å². The molecule has 1 aliphatic carbocycles. The van der Waals surface area contributed by atoms with E-state index in [1.807, 2.05) is 36.4 Å². The van der Waals surface area contributed by atoms with Crippen LogP contribution in [-0.4, -0.2) is 17.2 Å². The lowest BCUT2D eigenvalue weighted by Gasteiger charge is -2.46. The van der Waals surface area contributed by atoms with E-state index >= 15 is 0 Å².